The summed E-state index contributed by atoms with van der Waals surface area (Å²) in [6.45, 7) is 0. The number of benzene rings is 2. The zero-order chi connectivity index (χ0) is 20.8. The fourth-order valence-electron chi connectivity index (χ4n) is 2.53. The second kappa shape index (κ2) is 8.86. The maximum Gasteiger partial charge on any atom is 0.321 e. The molecule has 0 spiro atoms. The third-order valence-electron chi connectivity index (χ3n) is 3.92. The molecule has 0 radical (unpaired) electrons. The van der Waals surface area contributed by atoms with Crippen molar-refractivity contribution in [2.24, 2.45) is 4.99 Å². The molecule has 0 atom stereocenters. The molecule has 0 aliphatic rings. The number of hydrogen-bond donors (Lipinski definition) is 2. The number of aromatic amines is 1. The Kier molecular flexibility index (Phi) is 5.64. The van der Waals surface area contributed by atoms with Gasteiger partial charge in [-0.05, 0) is 54.1 Å². The predicted octanol–water partition coefficient (Wildman–Crippen LogP) is 5.01. The van der Waals surface area contributed by atoms with Crippen LogP contribution in [-0.4, -0.2) is 26.4 Å². The lowest BCUT2D eigenvalue weighted by molar-refractivity contribution is 0.442. The van der Waals surface area contributed by atoms with Gasteiger partial charge in [-0.15, -0.1) is 0 Å². The molecule has 2 N–H and O–H groups in total. The standard InChI is InChI=1S/C21H14ClN7O/c22-15-3-1-4-16(11-15)27-20-18(12-23)19(28-29-20)26-13-14-5-7-17(8-6-14)30-21-24-9-2-10-25-21/h1-11,13H,(H2,27,28,29). The average Bonchev–Trinajstić information content (AvgIpc) is 3.15. The third-order valence-corrected chi connectivity index (χ3v) is 4.16. The van der Waals surface area contributed by atoms with Gasteiger partial charge in [0.15, 0.2) is 5.82 Å². The van der Waals surface area contributed by atoms with Gasteiger partial charge in [0.2, 0.25) is 0 Å². The molecule has 0 amide bonds. The van der Waals surface area contributed by atoms with Crippen molar-refractivity contribution in [3.63, 3.8) is 0 Å². The Hall–Kier alpha value is -4.22. The van der Waals surface area contributed by atoms with Crippen LogP contribution in [0.25, 0.3) is 0 Å². The number of hydrogen-bond acceptors (Lipinski definition) is 7. The highest BCUT2D eigenvalue weighted by atomic mass is 35.5. The van der Waals surface area contributed by atoms with Crippen LogP contribution in [0.2, 0.25) is 5.02 Å². The number of H-pyrrole nitrogens is 1. The van der Waals surface area contributed by atoms with Crippen LogP contribution in [0, 0.1) is 11.3 Å². The zero-order valence-electron chi connectivity index (χ0n) is 15.5. The van der Waals surface area contributed by atoms with E-state index in [1.165, 1.54) is 0 Å². The maximum atomic E-state index is 9.52. The van der Waals surface area contributed by atoms with Gasteiger partial charge in [-0.2, -0.15) is 10.4 Å². The lowest BCUT2D eigenvalue weighted by Gasteiger charge is -2.04. The summed E-state index contributed by atoms with van der Waals surface area (Å²) in [5, 5.41) is 20.1. The van der Waals surface area contributed by atoms with Crippen LogP contribution in [0.15, 0.2) is 72.0 Å². The average molecular weight is 416 g/mol. The molecule has 30 heavy (non-hydrogen) atoms. The molecule has 0 fully saturated rings. The first-order valence-corrected chi connectivity index (χ1v) is 9.19. The number of anilines is 2. The summed E-state index contributed by atoms with van der Waals surface area (Å²) in [6, 6.07) is 18.5. The van der Waals surface area contributed by atoms with Crippen LogP contribution in [0.3, 0.4) is 0 Å². The highest BCUT2D eigenvalue weighted by molar-refractivity contribution is 6.30. The van der Waals surface area contributed by atoms with E-state index in [-0.39, 0.29) is 11.8 Å². The molecule has 0 saturated carbocycles. The minimum Gasteiger partial charge on any atom is -0.424 e. The minimum absolute atomic E-state index is 0.272. The molecule has 4 rings (SSSR count). The van der Waals surface area contributed by atoms with Crippen LogP contribution >= 0.6 is 11.6 Å². The molecule has 146 valence electrons. The summed E-state index contributed by atoms with van der Waals surface area (Å²) in [5.74, 6) is 1.32. The van der Waals surface area contributed by atoms with Crippen LogP contribution in [-0.2, 0) is 0 Å². The molecular weight excluding hydrogens is 402 g/mol. The topological polar surface area (TPSA) is 112 Å². The summed E-state index contributed by atoms with van der Waals surface area (Å²) >= 11 is 5.99. The summed E-state index contributed by atoms with van der Waals surface area (Å²) < 4.78 is 5.56. The van der Waals surface area contributed by atoms with E-state index in [1.807, 2.05) is 24.3 Å². The van der Waals surface area contributed by atoms with Crippen molar-refractivity contribution in [2.75, 3.05) is 5.32 Å². The van der Waals surface area contributed by atoms with Crippen molar-refractivity contribution in [3.8, 4) is 17.8 Å². The van der Waals surface area contributed by atoms with E-state index >= 15 is 0 Å². The Morgan fingerprint density at radius 3 is 2.63 bits per heavy atom. The molecule has 0 aliphatic carbocycles. The fraction of sp³-hybridized carbons (Fsp3) is 0. The van der Waals surface area contributed by atoms with Crippen molar-refractivity contribution in [2.45, 2.75) is 0 Å². The minimum atomic E-state index is 0.272. The van der Waals surface area contributed by atoms with E-state index in [1.54, 1.807) is 48.9 Å². The lowest BCUT2D eigenvalue weighted by Crippen LogP contribution is -1.92. The molecule has 8 nitrogen and oxygen atoms in total. The van der Waals surface area contributed by atoms with Gasteiger partial charge in [0.25, 0.3) is 0 Å². The van der Waals surface area contributed by atoms with Gasteiger partial charge in [-0.3, -0.25) is 5.10 Å². The van der Waals surface area contributed by atoms with E-state index in [0.29, 0.717) is 22.2 Å². The van der Waals surface area contributed by atoms with Gasteiger partial charge in [-0.1, -0.05) is 17.7 Å². The molecule has 9 heteroatoms. The Bertz CT molecular complexity index is 1210. The lowest BCUT2D eigenvalue weighted by atomic mass is 10.2. The smallest absolute Gasteiger partial charge is 0.321 e. The molecule has 0 bridgehead atoms. The first-order chi connectivity index (χ1) is 14.7. The molecule has 0 aliphatic heterocycles. The maximum absolute atomic E-state index is 9.52. The second-order valence-corrected chi connectivity index (χ2v) is 6.44. The quantitative estimate of drug-likeness (QED) is 0.428. The van der Waals surface area contributed by atoms with Crippen LogP contribution in [0.4, 0.5) is 17.3 Å². The van der Waals surface area contributed by atoms with E-state index in [0.717, 1.165) is 11.3 Å². The van der Waals surface area contributed by atoms with Gasteiger partial charge in [0.05, 0.1) is 0 Å². The van der Waals surface area contributed by atoms with Gasteiger partial charge in [0.1, 0.15) is 23.2 Å². The number of ether oxygens (including phenoxy) is 1. The van der Waals surface area contributed by atoms with Gasteiger partial charge >= 0.3 is 6.01 Å². The van der Waals surface area contributed by atoms with Gasteiger partial charge < -0.3 is 10.1 Å². The Labute approximate surface area is 176 Å². The molecule has 0 unspecified atom stereocenters. The van der Waals surface area contributed by atoms with Crippen molar-refractivity contribution in [1.29, 1.82) is 5.26 Å². The number of aromatic nitrogens is 4. The van der Waals surface area contributed by atoms with Gasteiger partial charge in [0, 0.05) is 29.3 Å². The van der Waals surface area contributed by atoms with E-state index in [4.69, 9.17) is 16.3 Å². The van der Waals surface area contributed by atoms with E-state index in [9.17, 15) is 5.26 Å². The highest BCUT2D eigenvalue weighted by Gasteiger charge is 2.12. The zero-order valence-corrected chi connectivity index (χ0v) is 16.2. The number of halogens is 1. The largest absolute Gasteiger partial charge is 0.424 e. The summed E-state index contributed by atoms with van der Waals surface area (Å²) in [4.78, 5) is 12.3. The number of rotatable bonds is 6. The molecule has 4 aromatic rings. The van der Waals surface area contributed by atoms with Crippen molar-refractivity contribution in [3.05, 3.63) is 83.1 Å². The molecular formula is C21H14ClN7O. The van der Waals surface area contributed by atoms with Crippen LogP contribution < -0.4 is 10.1 Å². The van der Waals surface area contributed by atoms with Crippen LogP contribution in [0.5, 0.6) is 11.8 Å². The number of nitriles is 1. The fourth-order valence-corrected chi connectivity index (χ4v) is 2.72. The summed E-state index contributed by atoms with van der Waals surface area (Å²) in [5.41, 5.74) is 1.84. The second-order valence-electron chi connectivity index (χ2n) is 6.01. The van der Waals surface area contributed by atoms with Crippen LogP contribution in [0.1, 0.15) is 11.1 Å². The molecule has 2 aromatic carbocycles. The molecule has 2 aromatic heterocycles. The summed E-state index contributed by atoms with van der Waals surface area (Å²) in [6.07, 6.45) is 4.83. The van der Waals surface area contributed by atoms with E-state index in [2.05, 4.69) is 36.5 Å². The van der Waals surface area contributed by atoms with Crippen molar-refractivity contribution in [1.82, 2.24) is 20.2 Å². The van der Waals surface area contributed by atoms with E-state index < -0.39 is 0 Å². The Morgan fingerprint density at radius 1 is 1.10 bits per heavy atom. The highest BCUT2D eigenvalue weighted by Crippen LogP contribution is 2.27. The third kappa shape index (κ3) is 4.60. The van der Waals surface area contributed by atoms with Gasteiger partial charge in [-0.25, -0.2) is 15.0 Å². The number of nitrogens with zero attached hydrogens (tertiary/aromatic N) is 5. The normalized spacial score (nSPS) is 10.7. The SMILES string of the molecule is N#Cc1c(N=Cc2ccc(Oc3ncccn3)cc2)n[nH]c1Nc1cccc(Cl)c1. The monoisotopic (exact) mass is 415 g/mol. The van der Waals surface area contributed by atoms with Crippen molar-refractivity contribution < 1.29 is 4.74 Å². The first-order valence-electron chi connectivity index (χ1n) is 8.81. The molecule has 0 saturated heterocycles. The summed E-state index contributed by atoms with van der Waals surface area (Å²) in [7, 11) is 0. The molecule has 2 heterocycles. The number of aliphatic imine (C=N–C) groups is 1. The predicted molar refractivity (Wildman–Crippen MR) is 114 cm³/mol. The first kappa shape index (κ1) is 19.1. The Morgan fingerprint density at radius 2 is 1.90 bits per heavy atom. The van der Waals surface area contributed by atoms with Crippen molar-refractivity contribution >= 4 is 35.1 Å². The Balaban J connectivity index is 1.47. The number of nitrogens with one attached hydrogen (secondary N) is 2.